The van der Waals surface area contributed by atoms with Crippen LogP contribution in [0.15, 0.2) is 29.1 Å². The number of hydrogen-bond donors (Lipinski definition) is 1. The third-order valence-electron chi connectivity index (χ3n) is 4.32. The van der Waals surface area contributed by atoms with E-state index in [0.717, 1.165) is 26.9 Å². The Morgan fingerprint density at radius 2 is 2.15 bits per heavy atom. The third kappa shape index (κ3) is 3.50. The molecule has 0 aliphatic rings. The number of ether oxygens (including phenoxy) is 1. The second kappa shape index (κ2) is 7.97. The number of fused-ring (bicyclic) bond motifs is 3. The van der Waals surface area contributed by atoms with E-state index in [0.29, 0.717) is 25.1 Å². The van der Waals surface area contributed by atoms with Crippen molar-refractivity contribution in [2.24, 2.45) is 0 Å². The number of aryl methyl sites for hydroxylation is 1. The van der Waals surface area contributed by atoms with Gasteiger partial charge in [0.2, 0.25) is 5.91 Å². The average Bonchev–Trinajstić information content (AvgIpc) is 3.04. The Morgan fingerprint density at radius 3 is 2.92 bits per heavy atom. The van der Waals surface area contributed by atoms with Crippen molar-refractivity contribution in [2.45, 2.75) is 33.2 Å². The van der Waals surface area contributed by atoms with Crippen LogP contribution in [0.4, 0.5) is 0 Å². The van der Waals surface area contributed by atoms with Crippen LogP contribution in [-0.4, -0.2) is 35.4 Å². The molecule has 0 bridgehead atoms. The van der Waals surface area contributed by atoms with Gasteiger partial charge in [0.1, 0.15) is 6.04 Å². The Morgan fingerprint density at radius 1 is 1.38 bits per heavy atom. The highest BCUT2D eigenvalue weighted by molar-refractivity contribution is 7.26. The van der Waals surface area contributed by atoms with E-state index in [1.54, 1.807) is 18.3 Å². The zero-order chi connectivity index (χ0) is 18.7. The number of benzene rings is 1. The van der Waals surface area contributed by atoms with Gasteiger partial charge in [-0.15, -0.1) is 11.3 Å². The van der Waals surface area contributed by atoms with Crippen molar-refractivity contribution in [1.29, 1.82) is 0 Å². The van der Waals surface area contributed by atoms with Gasteiger partial charge in [-0.3, -0.25) is 9.59 Å². The summed E-state index contributed by atoms with van der Waals surface area (Å²) < 4.78 is 8.50. The molecule has 0 radical (unpaired) electrons. The van der Waals surface area contributed by atoms with Crippen molar-refractivity contribution in [3.63, 3.8) is 0 Å². The summed E-state index contributed by atoms with van der Waals surface area (Å²) in [5.74, 6) is -0.214. The molecule has 2 heterocycles. The minimum Gasteiger partial charge on any atom is -0.382 e. The lowest BCUT2D eigenvalue weighted by Crippen LogP contribution is -2.38. The van der Waals surface area contributed by atoms with Gasteiger partial charge in [-0.05, 0) is 33.3 Å². The summed E-state index contributed by atoms with van der Waals surface area (Å²) in [5.41, 5.74) is 0.539. The lowest BCUT2D eigenvalue weighted by atomic mass is 10.2. The molecule has 7 heteroatoms. The maximum absolute atomic E-state index is 13.0. The molecule has 0 fully saturated rings. The number of rotatable bonds is 7. The van der Waals surface area contributed by atoms with Gasteiger partial charge in [0.15, 0.2) is 0 Å². The number of hydrogen-bond acceptors (Lipinski definition) is 5. The average molecular weight is 373 g/mol. The van der Waals surface area contributed by atoms with Gasteiger partial charge >= 0.3 is 0 Å². The second-order valence-corrected chi connectivity index (χ2v) is 7.21. The number of carbonyl (C=O) groups is 1. The Balaban J connectivity index is 1.90. The first-order valence-electron chi connectivity index (χ1n) is 8.80. The predicted octanol–water partition coefficient (Wildman–Crippen LogP) is 3.02. The molecule has 3 rings (SSSR count). The van der Waals surface area contributed by atoms with Gasteiger partial charge < -0.3 is 10.1 Å². The predicted molar refractivity (Wildman–Crippen MR) is 105 cm³/mol. The zero-order valence-corrected chi connectivity index (χ0v) is 16.1. The van der Waals surface area contributed by atoms with E-state index in [1.807, 2.05) is 38.1 Å². The van der Waals surface area contributed by atoms with Crippen LogP contribution in [0.2, 0.25) is 0 Å². The summed E-state index contributed by atoms with van der Waals surface area (Å²) in [6, 6.07) is 7.14. The largest absolute Gasteiger partial charge is 0.382 e. The fraction of sp³-hybridized carbons (Fsp3) is 0.421. The monoisotopic (exact) mass is 373 g/mol. The number of amides is 1. The highest BCUT2D eigenvalue weighted by Crippen LogP contribution is 2.32. The van der Waals surface area contributed by atoms with E-state index in [4.69, 9.17) is 4.74 Å². The van der Waals surface area contributed by atoms with Gasteiger partial charge in [0, 0.05) is 29.8 Å². The fourth-order valence-electron chi connectivity index (χ4n) is 2.93. The van der Waals surface area contributed by atoms with Crippen LogP contribution >= 0.6 is 11.3 Å². The molecule has 0 aliphatic heterocycles. The van der Waals surface area contributed by atoms with Crippen LogP contribution in [0.1, 0.15) is 32.0 Å². The van der Waals surface area contributed by atoms with Gasteiger partial charge in [-0.25, -0.2) is 4.68 Å². The van der Waals surface area contributed by atoms with Crippen molar-refractivity contribution in [3.05, 3.63) is 40.3 Å². The van der Waals surface area contributed by atoms with Gasteiger partial charge in [0.05, 0.1) is 15.8 Å². The Hall–Kier alpha value is -2.25. The van der Waals surface area contributed by atoms with E-state index in [-0.39, 0.29) is 11.5 Å². The first kappa shape index (κ1) is 18.5. The molecule has 0 aliphatic carbocycles. The van der Waals surface area contributed by atoms with Crippen LogP contribution in [0.5, 0.6) is 0 Å². The smallest absolute Gasteiger partial charge is 0.276 e. The molecule has 1 unspecified atom stereocenters. The van der Waals surface area contributed by atoms with Crippen molar-refractivity contribution < 1.29 is 9.53 Å². The second-order valence-electron chi connectivity index (χ2n) is 6.15. The van der Waals surface area contributed by atoms with Crippen molar-refractivity contribution in [3.8, 4) is 0 Å². The number of thiophene rings is 1. The topological polar surface area (TPSA) is 73.2 Å². The normalized spacial score (nSPS) is 12.6. The Bertz CT molecular complexity index is 993. The molecule has 1 atom stereocenters. The standard InChI is InChI=1S/C19H23N3O3S/c1-4-25-11-7-10-20-18(23)13(3)22-19(24)16-14-8-5-6-9-15(14)26-17(16)12(2)21-22/h5-6,8-9,13H,4,7,10-11H2,1-3H3,(H,20,23). The molecule has 0 saturated heterocycles. The molecule has 0 saturated carbocycles. The fourth-order valence-corrected chi connectivity index (χ4v) is 4.07. The molecule has 2 aromatic heterocycles. The minimum atomic E-state index is -0.670. The van der Waals surface area contributed by atoms with E-state index in [2.05, 4.69) is 10.4 Å². The molecule has 3 aromatic rings. The van der Waals surface area contributed by atoms with Crippen molar-refractivity contribution in [2.75, 3.05) is 19.8 Å². The van der Waals surface area contributed by atoms with Crippen LogP contribution in [0.3, 0.4) is 0 Å². The van der Waals surface area contributed by atoms with Crippen LogP contribution < -0.4 is 10.9 Å². The molecule has 6 nitrogen and oxygen atoms in total. The van der Waals surface area contributed by atoms with Crippen molar-refractivity contribution in [1.82, 2.24) is 15.1 Å². The minimum absolute atomic E-state index is 0.214. The van der Waals surface area contributed by atoms with Gasteiger partial charge in [-0.1, -0.05) is 18.2 Å². The highest BCUT2D eigenvalue weighted by atomic mass is 32.1. The molecule has 1 aromatic carbocycles. The summed E-state index contributed by atoms with van der Waals surface area (Å²) in [5, 5.41) is 8.82. The number of aromatic nitrogens is 2. The molecule has 1 amide bonds. The number of nitrogens with zero attached hydrogens (tertiary/aromatic N) is 2. The van der Waals surface area contributed by atoms with E-state index >= 15 is 0 Å². The first-order valence-corrected chi connectivity index (χ1v) is 9.62. The molecular weight excluding hydrogens is 350 g/mol. The maximum atomic E-state index is 13.0. The number of carbonyl (C=O) groups excluding carboxylic acids is 1. The maximum Gasteiger partial charge on any atom is 0.276 e. The molecule has 0 spiro atoms. The zero-order valence-electron chi connectivity index (χ0n) is 15.2. The van der Waals surface area contributed by atoms with Crippen LogP contribution in [0.25, 0.3) is 20.2 Å². The summed E-state index contributed by atoms with van der Waals surface area (Å²) in [6.45, 7) is 7.30. The van der Waals surface area contributed by atoms with Gasteiger partial charge in [-0.2, -0.15) is 5.10 Å². The summed E-state index contributed by atoms with van der Waals surface area (Å²) in [6.07, 6.45) is 0.738. The quantitative estimate of drug-likeness (QED) is 0.646. The summed E-state index contributed by atoms with van der Waals surface area (Å²) in [7, 11) is 0. The van der Waals surface area contributed by atoms with E-state index in [9.17, 15) is 9.59 Å². The lowest BCUT2D eigenvalue weighted by Gasteiger charge is -2.15. The highest BCUT2D eigenvalue weighted by Gasteiger charge is 2.21. The Labute approximate surface area is 155 Å². The summed E-state index contributed by atoms with van der Waals surface area (Å²) in [4.78, 5) is 25.5. The van der Waals surface area contributed by atoms with Crippen LogP contribution in [0, 0.1) is 6.92 Å². The van der Waals surface area contributed by atoms with E-state index < -0.39 is 6.04 Å². The summed E-state index contributed by atoms with van der Waals surface area (Å²) >= 11 is 1.56. The van der Waals surface area contributed by atoms with E-state index in [1.165, 1.54) is 4.68 Å². The molecular formula is C19H23N3O3S. The lowest BCUT2D eigenvalue weighted by molar-refractivity contribution is -0.124. The molecule has 1 N–H and O–H groups in total. The number of nitrogens with one attached hydrogen (secondary N) is 1. The van der Waals surface area contributed by atoms with Crippen molar-refractivity contribution >= 4 is 37.4 Å². The molecule has 26 heavy (non-hydrogen) atoms. The Kier molecular flexibility index (Phi) is 5.68. The van der Waals surface area contributed by atoms with Crippen LogP contribution in [-0.2, 0) is 9.53 Å². The SMILES string of the molecule is CCOCCCNC(=O)C(C)n1nc(C)c2sc3ccccc3c2c1=O. The first-order chi connectivity index (χ1) is 12.5. The third-order valence-corrected chi connectivity index (χ3v) is 5.60. The van der Waals surface area contributed by atoms with Gasteiger partial charge in [0.25, 0.3) is 5.56 Å². The molecule has 138 valence electrons.